The van der Waals surface area contributed by atoms with Crippen molar-refractivity contribution in [2.24, 2.45) is 17.8 Å². The zero-order valence-corrected chi connectivity index (χ0v) is 18.7. The van der Waals surface area contributed by atoms with Gasteiger partial charge in [-0.2, -0.15) is 0 Å². The number of ether oxygens (including phenoxy) is 2. The van der Waals surface area contributed by atoms with Crippen LogP contribution in [-0.4, -0.2) is 53.7 Å². The number of fused-ring (bicyclic) bond motifs is 1. The molecule has 0 spiro atoms. The molecular weight excluding hydrogens is 416 g/mol. The molecule has 0 radical (unpaired) electrons. The second kappa shape index (κ2) is 9.28. The van der Waals surface area contributed by atoms with Crippen LogP contribution in [0.1, 0.15) is 44.9 Å². The molecule has 5 unspecified atom stereocenters. The molecule has 1 aliphatic carbocycles. The molecule has 5 atom stereocenters. The average molecular weight is 447 g/mol. The van der Waals surface area contributed by atoms with Crippen molar-refractivity contribution in [3.63, 3.8) is 0 Å². The third-order valence-corrected chi connectivity index (χ3v) is 5.68. The molecule has 174 valence electrons. The molecule has 3 rings (SSSR count). The highest BCUT2D eigenvalue weighted by Crippen LogP contribution is 2.52. The first-order chi connectivity index (χ1) is 15.0. The van der Waals surface area contributed by atoms with E-state index in [1.54, 1.807) is 27.7 Å². The van der Waals surface area contributed by atoms with Crippen molar-refractivity contribution >= 4 is 23.8 Å². The van der Waals surface area contributed by atoms with Crippen LogP contribution >= 0.6 is 0 Å². The van der Waals surface area contributed by atoms with Gasteiger partial charge in [0.2, 0.25) is 0 Å². The number of aliphatic carboxylic acids is 1. The van der Waals surface area contributed by atoms with E-state index in [4.69, 9.17) is 9.47 Å². The molecule has 1 amide bonds. The minimum Gasteiger partial charge on any atom is -0.480 e. The minimum atomic E-state index is -1.47. The monoisotopic (exact) mass is 446 g/mol. The zero-order valence-electron chi connectivity index (χ0n) is 18.7. The predicted octanol–water partition coefficient (Wildman–Crippen LogP) is 1.85. The Hall–Kier alpha value is -2.94. The molecule has 32 heavy (non-hydrogen) atoms. The standard InChI is InChI=1S/C23H30N2O7/c1-5-31-21(29)16-14(18(20(27)28)25-22(30)32-23(2,3)4)15(16)19(26)17-13-9-7-6-8-12(13)10-11-24-17/h6-9,14-18,24H,5,10-11H2,1-4H3,(H,25,30)(H,27,28). The van der Waals surface area contributed by atoms with Crippen LogP contribution in [-0.2, 0) is 30.3 Å². The SMILES string of the molecule is CCOC(=O)C1C(C(=O)C2NCCc3ccccc32)C1C(NC(=O)OC(C)(C)C)C(=O)O. The number of carbonyl (C=O) groups excluding carboxylic acids is 3. The van der Waals surface area contributed by atoms with Gasteiger partial charge in [0.05, 0.1) is 18.6 Å². The van der Waals surface area contributed by atoms with Crippen LogP contribution < -0.4 is 10.6 Å². The highest BCUT2D eigenvalue weighted by Gasteiger charge is 2.65. The lowest BCUT2D eigenvalue weighted by Gasteiger charge is -2.26. The van der Waals surface area contributed by atoms with E-state index in [-0.39, 0.29) is 12.4 Å². The molecule has 1 aromatic rings. The maximum atomic E-state index is 13.5. The van der Waals surface area contributed by atoms with Crippen molar-refractivity contribution in [1.82, 2.24) is 10.6 Å². The van der Waals surface area contributed by atoms with Gasteiger partial charge in [0.25, 0.3) is 0 Å². The molecule has 9 nitrogen and oxygen atoms in total. The number of hydrogen-bond donors (Lipinski definition) is 3. The van der Waals surface area contributed by atoms with E-state index in [0.717, 1.165) is 17.5 Å². The lowest BCUT2D eigenvalue weighted by atomic mass is 9.89. The van der Waals surface area contributed by atoms with Gasteiger partial charge in [-0.1, -0.05) is 24.3 Å². The number of esters is 1. The van der Waals surface area contributed by atoms with E-state index in [9.17, 15) is 24.3 Å². The minimum absolute atomic E-state index is 0.102. The van der Waals surface area contributed by atoms with Gasteiger partial charge in [-0.15, -0.1) is 0 Å². The molecule has 3 N–H and O–H groups in total. The fraction of sp³-hybridized carbons (Fsp3) is 0.565. The molecule has 1 heterocycles. The highest BCUT2D eigenvalue weighted by molar-refractivity contribution is 5.98. The number of ketones is 1. The number of amides is 1. The van der Waals surface area contributed by atoms with Crippen molar-refractivity contribution in [1.29, 1.82) is 0 Å². The van der Waals surface area contributed by atoms with Gasteiger partial charge in [-0.25, -0.2) is 9.59 Å². The molecular formula is C23H30N2O7. The van der Waals surface area contributed by atoms with Crippen molar-refractivity contribution in [2.75, 3.05) is 13.2 Å². The molecule has 1 aromatic carbocycles. The topological polar surface area (TPSA) is 131 Å². The quantitative estimate of drug-likeness (QED) is 0.541. The Labute approximate surface area is 186 Å². The summed E-state index contributed by atoms with van der Waals surface area (Å²) in [5.74, 6) is -5.04. The Morgan fingerprint density at radius 1 is 1.19 bits per heavy atom. The van der Waals surface area contributed by atoms with Gasteiger partial charge in [0, 0.05) is 18.4 Å². The van der Waals surface area contributed by atoms with Crippen LogP contribution in [0.3, 0.4) is 0 Å². The Morgan fingerprint density at radius 2 is 1.88 bits per heavy atom. The second-order valence-corrected chi connectivity index (χ2v) is 9.08. The van der Waals surface area contributed by atoms with E-state index in [1.165, 1.54) is 0 Å². The van der Waals surface area contributed by atoms with Gasteiger partial charge < -0.3 is 25.2 Å². The Bertz CT molecular complexity index is 908. The van der Waals surface area contributed by atoms with Crippen LogP contribution in [0, 0.1) is 17.8 Å². The highest BCUT2D eigenvalue weighted by atomic mass is 16.6. The maximum absolute atomic E-state index is 13.5. The van der Waals surface area contributed by atoms with Gasteiger partial charge in [-0.3, -0.25) is 9.59 Å². The number of nitrogens with one attached hydrogen (secondary N) is 2. The fourth-order valence-electron chi connectivity index (χ4n) is 4.37. The average Bonchev–Trinajstić information content (AvgIpc) is 3.45. The first-order valence-electron chi connectivity index (χ1n) is 10.8. The van der Waals surface area contributed by atoms with Crippen LogP contribution in [0.2, 0.25) is 0 Å². The summed E-state index contributed by atoms with van der Waals surface area (Å²) in [7, 11) is 0. The van der Waals surface area contributed by atoms with Crippen LogP contribution in [0.4, 0.5) is 4.79 Å². The summed E-state index contributed by atoms with van der Waals surface area (Å²) in [5, 5.41) is 15.3. The molecule has 0 bridgehead atoms. The van der Waals surface area contributed by atoms with Crippen LogP contribution in [0.5, 0.6) is 0 Å². The number of hydrogen-bond acceptors (Lipinski definition) is 7. The Morgan fingerprint density at radius 3 is 2.50 bits per heavy atom. The summed E-state index contributed by atoms with van der Waals surface area (Å²) in [6.07, 6.45) is -0.153. The maximum Gasteiger partial charge on any atom is 0.408 e. The second-order valence-electron chi connectivity index (χ2n) is 9.08. The zero-order chi connectivity index (χ0) is 23.6. The van der Waals surface area contributed by atoms with Crippen LogP contribution in [0.15, 0.2) is 24.3 Å². The fourth-order valence-corrected chi connectivity index (χ4v) is 4.37. The first kappa shape index (κ1) is 23.7. The van der Waals surface area contributed by atoms with E-state index < -0.39 is 53.5 Å². The third-order valence-electron chi connectivity index (χ3n) is 5.68. The largest absolute Gasteiger partial charge is 0.480 e. The molecule has 0 saturated heterocycles. The first-order valence-corrected chi connectivity index (χ1v) is 10.8. The lowest BCUT2D eigenvalue weighted by Crippen LogP contribution is -2.46. The summed E-state index contributed by atoms with van der Waals surface area (Å²) in [5.41, 5.74) is 1.03. The van der Waals surface area contributed by atoms with Crippen LogP contribution in [0.25, 0.3) is 0 Å². The molecule has 1 saturated carbocycles. The van der Waals surface area contributed by atoms with Gasteiger partial charge >= 0.3 is 18.0 Å². The number of rotatable bonds is 7. The number of carbonyl (C=O) groups is 4. The van der Waals surface area contributed by atoms with Crippen molar-refractivity contribution < 1.29 is 33.8 Å². The lowest BCUT2D eigenvalue weighted by molar-refractivity contribution is -0.146. The third kappa shape index (κ3) is 5.09. The summed E-state index contributed by atoms with van der Waals surface area (Å²) in [4.78, 5) is 50.3. The van der Waals surface area contributed by atoms with Crippen molar-refractivity contribution in [3.05, 3.63) is 35.4 Å². The van der Waals surface area contributed by atoms with Gasteiger partial charge in [-0.05, 0) is 45.2 Å². The summed E-state index contributed by atoms with van der Waals surface area (Å²) in [6.45, 7) is 7.29. The van der Waals surface area contributed by atoms with Gasteiger partial charge in [0.1, 0.15) is 11.6 Å². The Kier molecular flexibility index (Phi) is 6.88. The van der Waals surface area contributed by atoms with Crippen molar-refractivity contribution in [3.8, 4) is 0 Å². The van der Waals surface area contributed by atoms with Gasteiger partial charge in [0.15, 0.2) is 5.78 Å². The molecule has 0 aromatic heterocycles. The molecule has 1 aliphatic heterocycles. The van der Waals surface area contributed by atoms with E-state index in [0.29, 0.717) is 6.54 Å². The van der Waals surface area contributed by atoms with Crippen molar-refractivity contribution in [2.45, 2.75) is 51.8 Å². The smallest absolute Gasteiger partial charge is 0.408 e. The predicted molar refractivity (Wildman–Crippen MR) is 114 cm³/mol. The summed E-state index contributed by atoms with van der Waals surface area (Å²) in [6, 6.07) is 5.43. The van der Waals surface area contributed by atoms with E-state index in [2.05, 4.69) is 10.6 Å². The van der Waals surface area contributed by atoms with E-state index >= 15 is 0 Å². The Balaban J connectivity index is 1.86. The molecule has 2 aliphatic rings. The number of benzene rings is 1. The summed E-state index contributed by atoms with van der Waals surface area (Å²) < 4.78 is 10.3. The normalized spacial score (nSPS) is 25.1. The number of carboxylic acid groups (broad SMARTS) is 1. The summed E-state index contributed by atoms with van der Waals surface area (Å²) >= 11 is 0. The molecule has 9 heteroatoms. The number of carboxylic acids is 1. The number of Topliss-reactive ketones (excluding diaryl/α,β-unsaturated/α-hetero) is 1. The molecule has 1 fully saturated rings. The van der Waals surface area contributed by atoms with E-state index in [1.807, 2.05) is 24.3 Å². The number of alkyl carbamates (subject to hydrolysis) is 1.